The van der Waals surface area contributed by atoms with Gasteiger partial charge in [-0.2, -0.15) is 4.39 Å². The summed E-state index contributed by atoms with van der Waals surface area (Å²) < 4.78 is 12.9. The van der Waals surface area contributed by atoms with Crippen LogP contribution in [0.1, 0.15) is 0 Å². The molecule has 2 heterocycles. The van der Waals surface area contributed by atoms with Crippen LogP contribution in [0.4, 0.5) is 10.2 Å². The molecule has 0 aromatic carbocycles. The lowest BCUT2D eigenvalue weighted by atomic mass is 10.2. The van der Waals surface area contributed by atoms with Gasteiger partial charge in [0.05, 0.1) is 0 Å². The Hall–Kier alpha value is -1.20. The molecule has 1 unspecified atom stereocenters. The van der Waals surface area contributed by atoms with E-state index in [0.29, 0.717) is 11.9 Å². The second kappa shape index (κ2) is 5.42. The first kappa shape index (κ1) is 12.3. The van der Waals surface area contributed by atoms with E-state index in [9.17, 15) is 4.39 Å². The van der Waals surface area contributed by atoms with Crippen molar-refractivity contribution in [3.05, 3.63) is 24.1 Å². The van der Waals surface area contributed by atoms with Crippen molar-refractivity contribution >= 4 is 5.82 Å². The molecule has 1 aliphatic rings. The molecule has 0 spiro atoms. The van der Waals surface area contributed by atoms with Crippen LogP contribution in [0.25, 0.3) is 0 Å². The molecule has 1 atom stereocenters. The number of rotatable bonds is 3. The van der Waals surface area contributed by atoms with Crippen molar-refractivity contribution in [3.63, 3.8) is 0 Å². The van der Waals surface area contributed by atoms with Crippen LogP contribution >= 0.6 is 0 Å². The van der Waals surface area contributed by atoms with E-state index in [2.05, 4.69) is 34.2 Å². The Bertz CT molecular complexity index is 371. The van der Waals surface area contributed by atoms with E-state index < -0.39 is 5.95 Å². The summed E-state index contributed by atoms with van der Waals surface area (Å²) in [5.74, 6) is 0.163. The van der Waals surface area contributed by atoms with E-state index in [0.717, 1.165) is 26.2 Å². The zero-order valence-electron chi connectivity index (χ0n) is 10.4. The fourth-order valence-electron chi connectivity index (χ4n) is 2.05. The SMILES string of the molecule is CN1CCN(C)C(CNc2cccc(F)n2)C1. The number of halogens is 1. The average molecular weight is 238 g/mol. The standard InChI is InChI=1S/C12H19FN4/c1-16-6-7-17(2)10(9-16)8-14-12-5-3-4-11(13)15-12/h3-5,10H,6-9H2,1-2H3,(H,14,15). The molecule has 0 aliphatic carbocycles. The highest BCUT2D eigenvalue weighted by atomic mass is 19.1. The van der Waals surface area contributed by atoms with E-state index in [1.807, 2.05) is 0 Å². The van der Waals surface area contributed by atoms with Crippen LogP contribution in [0.15, 0.2) is 18.2 Å². The lowest BCUT2D eigenvalue weighted by Gasteiger charge is -2.37. The third-order valence-corrected chi connectivity index (χ3v) is 3.21. The Balaban J connectivity index is 1.88. The summed E-state index contributed by atoms with van der Waals surface area (Å²) in [6.07, 6.45) is 0. The van der Waals surface area contributed by atoms with Crippen molar-refractivity contribution in [2.75, 3.05) is 45.6 Å². The lowest BCUT2D eigenvalue weighted by Crippen LogP contribution is -2.52. The molecule has 1 saturated heterocycles. The molecule has 0 radical (unpaired) electrons. The average Bonchev–Trinajstić information content (AvgIpc) is 2.30. The van der Waals surface area contributed by atoms with Gasteiger partial charge in [-0.1, -0.05) is 6.07 Å². The van der Waals surface area contributed by atoms with Crippen LogP contribution in [0.3, 0.4) is 0 Å². The number of hydrogen-bond acceptors (Lipinski definition) is 4. The highest BCUT2D eigenvalue weighted by Gasteiger charge is 2.21. The third kappa shape index (κ3) is 3.38. The number of likely N-dealkylation sites (N-methyl/N-ethyl adjacent to an activating group) is 2. The van der Waals surface area contributed by atoms with Crippen LogP contribution in [-0.4, -0.2) is 61.1 Å². The molecule has 94 valence electrons. The molecule has 17 heavy (non-hydrogen) atoms. The van der Waals surface area contributed by atoms with Crippen LogP contribution in [0, 0.1) is 5.95 Å². The molecule has 5 heteroatoms. The van der Waals surface area contributed by atoms with Crippen LogP contribution in [0.2, 0.25) is 0 Å². The molecule has 1 fully saturated rings. The first-order valence-corrected chi connectivity index (χ1v) is 5.90. The molecule has 1 aromatic rings. The predicted molar refractivity (Wildman–Crippen MR) is 66.6 cm³/mol. The maximum Gasteiger partial charge on any atom is 0.214 e. The zero-order chi connectivity index (χ0) is 12.3. The van der Waals surface area contributed by atoms with Crippen LogP contribution in [0.5, 0.6) is 0 Å². The summed E-state index contributed by atoms with van der Waals surface area (Å²) in [6.45, 7) is 3.99. The summed E-state index contributed by atoms with van der Waals surface area (Å²) in [4.78, 5) is 8.43. The second-order valence-corrected chi connectivity index (χ2v) is 4.62. The second-order valence-electron chi connectivity index (χ2n) is 4.62. The number of nitrogens with one attached hydrogen (secondary N) is 1. The number of anilines is 1. The Labute approximate surface area is 101 Å². The maximum absolute atomic E-state index is 12.9. The molecule has 0 amide bonds. The third-order valence-electron chi connectivity index (χ3n) is 3.21. The number of piperazine rings is 1. The monoisotopic (exact) mass is 238 g/mol. The van der Waals surface area contributed by atoms with E-state index in [1.54, 1.807) is 12.1 Å². The lowest BCUT2D eigenvalue weighted by molar-refractivity contribution is 0.122. The predicted octanol–water partition coefficient (Wildman–Crippen LogP) is 0.878. The van der Waals surface area contributed by atoms with Gasteiger partial charge in [0, 0.05) is 32.2 Å². The Morgan fingerprint density at radius 3 is 3.00 bits per heavy atom. The molecule has 1 N–H and O–H groups in total. The fraction of sp³-hybridized carbons (Fsp3) is 0.583. The zero-order valence-corrected chi connectivity index (χ0v) is 10.4. The summed E-state index contributed by atoms with van der Waals surface area (Å²) in [5.41, 5.74) is 0. The topological polar surface area (TPSA) is 31.4 Å². The van der Waals surface area contributed by atoms with Gasteiger partial charge in [-0.3, -0.25) is 4.90 Å². The first-order chi connectivity index (χ1) is 8.15. The van der Waals surface area contributed by atoms with E-state index in [-0.39, 0.29) is 0 Å². The van der Waals surface area contributed by atoms with E-state index in [1.165, 1.54) is 6.07 Å². The minimum Gasteiger partial charge on any atom is -0.368 e. The normalized spacial score (nSPS) is 22.6. The van der Waals surface area contributed by atoms with Gasteiger partial charge in [0.25, 0.3) is 0 Å². The Morgan fingerprint density at radius 2 is 2.24 bits per heavy atom. The van der Waals surface area contributed by atoms with Crippen molar-refractivity contribution in [2.45, 2.75) is 6.04 Å². The molecule has 0 saturated carbocycles. The van der Waals surface area contributed by atoms with Gasteiger partial charge in [0.1, 0.15) is 5.82 Å². The van der Waals surface area contributed by atoms with Gasteiger partial charge in [-0.25, -0.2) is 4.98 Å². The first-order valence-electron chi connectivity index (χ1n) is 5.90. The summed E-state index contributed by atoms with van der Waals surface area (Å²) in [7, 11) is 4.25. The minimum absolute atomic E-state index is 0.441. The largest absolute Gasteiger partial charge is 0.368 e. The van der Waals surface area contributed by atoms with Crippen molar-refractivity contribution in [3.8, 4) is 0 Å². The van der Waals surface area contributed by atoms with E-state index >= 15 is 0 Å². The number of nitrogens with zero attached hydrogens (tertiary/aromatic N) is 3. The molecule has 0 bridgehead atoms. The van der Waals surface area contributed by atoms with Crippen molar-refractivity contribution in [1.82, 2.24) is 14.8 Å². The Kier molecular flexibility index (Phi) is 3.91. The molecule has 1 aliphatic heterocycles. The Morgan fingerprint density at radius 1 is 1.41 bits per heavy atom. The summed E-state index contributed by atoms with van der Waals surface area (Å²) in [5, 5.41) is 3.19. The van der Waals surface area contributed by atoms with Gasteiger partial charge < -0.3 is 10.2 Å². The molecular weight excluding hydrogens is 219 g/mol. The van der Waals surface area contributed by atoms with Gasteiger partial charge in [0.2, 0.25) is 5.95 Å². The van der Waals surface area contributed by atoms with Gasteiger partial charge in [-0.05, 0) is 26.2 Å². The van der Waals surface area contributed by atoms with Gasteiger partial charge in [-0.15, -0.1) is 0 Å². The molecule has 4 nitrogen and oxygen atoms in total. The summed E-state index contributed by atoms with van der Waals surface area (Å²) in [6, 6.07) is 5.25. The maximum atomic E-state index is 12.9. The fourth-order valence-corrected chi connectivity index (χ4v) is 2.05. The molecule has 2 rings (SSSR count). The van der Waals surface area contributed by atoms with Crippen molar-refractivity contribution < 1.29 is 4.39 Å². The van der Waals surface area contributed by atoms with Crippen molar-refractivity contribution in [2.24, 2.45) is 0 Å². The smallest absolute Gasteiger partial charge is 0.214 e. The molecule has 1 aromatic heterocycles. The van der Waals surface area contributed by atoms with Crippen LogP contribution in [-0.2, 0) is 0 Å². The quantitative estimate of drug-likeness (QED) is 0.792. The number of pyridine rings is 1. The van der Waals surface area contributed by atoms with Gasteiger partial charge in [0.15, 0.2) is 0 Å². The highest BCUT2D eigenvalue weighted by Crippen LogP contribution is 2.08. The van der Waals surface area contributed by atoms with Crippen LogP contribution < -0.4 is 5.32 Å². The highest BCUT2D eigenvalue weighted by molar-refractivity contribution is 5.33. The number of hydrogen-bond donors (Lipinski definition) is 1. The van der Waals surface area contributed by atoms with Crippen molar-refractivity contribution in [1.29, 1.82) is 0 Å². The van der Waals surface area contributed by atoms with Gasteiger partial charge >= 0.3 is 0 Å². The van der Waals surface area contributed by atoms with E-state index in [4.69, 9.17) is 0 Å². The molecular formula is C12H19FN4. The number of aromatic nitrogens is 1. The summed E-state index contributed by atoms with van der Waals surface area (Å²) >= 11 is 0. The minimum atomic E-state index is -0.441.